The normalized spacial score (nSPS) is 14.8. The van der Waals surface area contributed by atoms with Crippen LogP contribution in [0.4, 0.5) is 0 Å². The van der Waals surface area contributed by atoms with Gasteiger partial charge in [-0.25, -0.2) is 0 Å². The molecule has 0 unspecified atom stereocenters. The molecule has 2 heteroatoms. The summed E-state index contributed by atoms with van der Waals surface area (Å²) in [4.78, 5) is 2.52. The van der Waals surface area contributed by atoms with Gasteiger partial charge in [-0.2, -0.15) is 0 Å². The van der Waals surface area contributed by atoms with Crippen LogP contribution >= 0.6 is 0 Å². The predicted octanol–water partition coefficient (Wildman–Crippen LogP) is 5.50. The summed E-state index contributed by atoms with van der Waals surface area (Å²) >= 11 is -0.563. The fraction of sp³-hybridized carbons (Fsp3) is 0.579. The molecule has 0 aliphatic carbocycles. The Bertz CT molecular complexity index is 411. The van der Waals surface area contributed by atoms with Crippen LogP contribution in [0.5, 0.6) is 0 Å². The second-order valence-electron chi connectivity index (χ2n) is 6.91. The molecule has 0 heterocycles. The summed E-state index contributed by atoms with van der Waals surface area (Å²) in [6.07, 6.45) is 2.49. The molecule has 0 saturated heterocycles. The molecule has 0 aromatic heterocycles. The number of rotatable bonds is 9. The van der Waals surface area contributed by atoms with E-state index in [9.17, 15) is 0 Å². The van der Waals surface area contributed by atoms with Crippen LogP contribution in [0.25, 0.3) is 0 Å². The van der Waals surface area contributed by atoms with Crippen LogP contribution in [-0.2, 0) is 11.3 Å². The molecular weight excluding hydrogens is 271 g/mol. The van der Waals surface area contributed by atoms with Gasteiger partial charge >= 0.3 is 0 Å². The molecule has 0 radical (unpaired) electrons. The highest BCUT2D eigenvalue weighted by atomic mass is 27.2. The summed E-state index contributed by atoms with van der Waals surface area (Å²) in [6.45, 7) is 8.56. The Kier molecular flexibility index (Phi) is 9.01. The molecule has 0 fully saturated rings. The summed E-state index contributed by atoms with van der Waals surface area (Å²) < 4.78 is 5.84. The lowest BCUT2D eigenvalue weighted by Crippen LogP contribution is -2.11. The number of benzene rings is 1. The van der Waals surface area contributed by atoms with Crippen LogP contribution in [0, 0.1) is 11.8 Å². The molecule has 0 spiro atoms. The molecular formula is C19H31AlO. The second kappa shape index (κ2) is 10.2. The highest BCUT2D eigenvalue weighted by Gasteiger charge is 2.10. The van der Waals surface area contributed by atoms with E-state index in [1.807, 2.05) is 6.07 Å². The van der Waals surface area contributed by atoms with Crippen LogP contribution in [0.1, 0.15) is 39.2 Å². The molecule has 0 aliphatic heterocycles. The third-order valence-corrected chi connectivity index (χ3v) is 4.84. The third kappa shape index (κ3) is 9.15. The van der Waals surface area contributed by atoms with Gasteiger partial charge in [-0.05, 0) is 37.2 Å². The topological polar surface area (TPSA) is 9.23 Å². The lowest BCUT2D eigenvalue weighted by Gasteiger charge is -2.18. The maximum absolute atomic E-state index is 5.84. The van der Waals surface area contributed by atoms with Crippen molar-refractivity contribution in [3.05, 3.63) is 46.4 Å². The van der Waals surface area contributed by atoms with Gasteiger partial charge in [-0.1, -0.05) is 49.8 Å². The summed E-state index contributed by atoms with van der Waals surface area (Å²) in [5.74, 6) is 6.15. The lowest BCUT2D eigenvalue weighted by atomic mass is 9.93. The molecule has 0 saturated carbocycles. The Morgan fingerprint density at radius 1 is 1.14 bits per heavy atom. The third-order valence-electron chi connectivity index (χ3n) is 3.61. The Hall–Kier alpha value is -0.548. The highest BCUT2D eigenvalue weighted by molar-refractivity contribution is 6.61. The molecule has 21 heavy (non-hydrogen) atoms. The van der Waals surface area contributed by atoms with E-state index in [1.54, 1.807) is 5.57 Å². The molecule has 1 aromatic carbocycles. The van der Waals surface area contributed by atoms with Gasteiger partial charge in [0.25, 0.3) is 14.1 Å². The quantitative estimate of drug-likeness (QED) is 0.548. The van der Waals surface area contributed by atoms with Gasteiger partial charge in [0.1, 0.15) is 0 Å². The number of hydrogen-bond acceptors (Lipinski definition) is 1. The minimum atomic E-state index is -0.563. The van der Waals surface area contributed by atoms with E-state index < -0.39 is 14.1 Å². The molecule has 2 atom stereocenters. The van der Waals surface area contributed by atoms with Crippen LogP contribution in [-0.4, -0.2) is 20.8 Å². The average molecular weight is 302 g/mol. The zero-order valence-corrected chi connectivity index (χ0v) is 15.6. The minimum absolute atomic E-state index is 0.563. The summed E-state index contributed by atoms with van der Waals surface area (Å²) in [6, 6.07) is 10.4. The van der Waals surface area contributed by atoms with E-state index in [1.165, 1.54) is 18.4 Å². The molecule has 1 rings (SSSR count). The van der Waals surface area contributed by atoms with Gasteiger partial charge in [0.15, 0.2) is 0 Å². The van der Waals surface area contributed by atoms with Crippen molar-refractivity contribution in [3.8, 4) is 0 Å². The Labute approximate surface area is 135 Å². The SMILES string of the molecule is C/C(=[CH]\[Al]([CH3])[CH3])C[C@@H](C)C[C@H](C)COCc1ccccc1. The van der Waals surface area contributed by atoms with E-state index in [2.05, 4.69) is 61.5 Å². The molecule has 0 aliphatic rings. The fourth-order valence-electron chi connectivity index (χ4n) is 2.98. The van der Waals surface area contributed by atoms with E-state index in [0.717, 1.165) is 19.1 Å². The summed E-state index contributed by atoms with van der Waals surface area (Å²) in [5, 5.41) is 0. The Morgan fingerprint density at radius 3 is 2.43 bits per heavy atom. The largest absolute Gasteiger partial charge is 0.376 e. The van der Waals surface area contributed by atoms with Crippen molar-refractivity contribution in [2.45, 2.75) is 51.8 Å². The van der Waals surface area contributed by atoms with E-state index in [-0.39, 0.29) is 0 Å². The Balaban J connectivity index is 2.22. The van der Waals surface area contributed by atoms with Crippen LogP contribution in [0.2, 0.25) is 11.6 Å². The van der Waals surface area contributed by atoms with Crippen molar-refractivity contribution in [2.24, 2.45) is 11.8 Å². The van der Waals surface area contributed by atoms with E-state index >= 15 is 0 Å². The first kappa shape index (κ1) is 18.5. The van der Waals surface area contributed by atoms with Gasteiger partial charge in [0, 0.05) is 6.61 Å². The number of ether oxygens (including phenoxy) is 1. The molecule has 1 aromatic rings. The number of allylic oxidation sites excluding steroid dienone is 1. The van der Waals surface area contributed by atoms with Crippen LogP contribution in [0.15, 0.2) is 40.8 Å². The molecule has 0 bridgehead atoms. The van der Waals surface area contributed by atoms with Crippen molar-refractivity contribution in [3.63, 3.8) is 0 Å². The highest BCUT2D eigenvalue weighted by Crippen LogP contribution is 2.20. The average Bonchev–Trinajstić information content (AvgIpc) is 2.38. The molecule has 0 amide bonds. The molecule has 1 nitrogen and oxygen atoms in total. The van der Waals surface area contributed by atoms with Gasteiger partial charge in [0.05, 0.1) is 6.61 Å². The monoisotopic (exact) mass is 302 g/mol. The Morgan fingerprint density at radius 2 is 1.81 bits per heavy atom. The van der Waals surface area contributed by atoms with Crippen molar-refractivity contribution < 1.29 is 4.74 Å². The zero-order chi connectivity index (χ0) is 15.7. The van der Waals surface area contributed by atoms with Crippen molar-refractivity contribution in [2.75, 3.05) is 6.61 Å². The minimum Gasteiger partial charge on any atom is -0.376 e. The van der Waals surface area contributed by atoms with E-state index in [0.29, 0.717) is 5.92 Å². The molecule has 0 N–H and O–H groups in total. The molecule has 116 valence electrons. The maximum Gasteiger partial charge on any atom is 0.288 e. The van der Waals surface area contributed by atoms with Gasteiger partial charge in [-0.3, -0.25) is 0 Å². The van der Waals surface area contributed by atoms with Gasteiger partial charge < -0.3 is 4.74 Å². The van der Waals surface area contributed by atoms with Crippen LogP contribution in [0.3, 0.4) is 0 Å². The first-order chi connectivity index (χ1) is 9.97. The second-order valence-corrected chi connectivity index (χ2v) is 9.73. The van der Waals surface area contributed by atoms with Crippen molar-refractivity contribution >= 4 is 14.1 Å². The van der Waals surface area contributed by atoms with Crippen molar-refractivity contribution in [1.29, 1.82) is 0 Å². The van der Waals surface area contributed by atoms with Gasteiger partial charge in [0.2, 0.25) is 0 Å². The maximum atomic E-state index is 5.84. The van der Waals surface area contributed by atoms with Crippen molar-refractivity contribution in [1.82, 2.24) is 0 Å². The number of hydrogen-bond donors (Lipinski definition) is 0. The van der Waals surface area contributed by atoms with Gasteiger partial charge in [-0.15, -0.1) is 16.5 Å². The smallest absolute Gasteiger partial charge is 0.288 e. The van der Waals surface area contributed by atoms with Crippen LogP contribution < -0.4 is 0 Å². The predicted molar refractivity (Wildman–Crippen MR) is 94.9 cm³/mol. The summed E-state index contributed by atoms with van der Waals surface area (Å²) in [5.41, 5.74) is 2.85. The first-order valence-electron chi connectivity index (χ1n) is 8.26. The summed E-state index contributed by atoms with van der Waals surface area (Å²) in [7, 11) is 0. The first-order valence-corrected chi connectivity index (χ1v) is 11.2. The standard InChI is InChI=1S/C17H25O.2CH3.Al/c1-14(2)10-15(3)11-16(4)12-18-13-17-8-6-5-7-9-17;;;/h1,5-9,15-16H,10-13H2,2-4H3;2*1H3;/t15-,16+;;;/m1.../s1. The lowest BCUT2D eigenvalue weighted by molar-refractivity contribution is 0.0848. The zero-order valence-electron chi connectivity index (χ0n) is 14.4. The fourth-order valence-corrected chi connectivity index (χ4v) is 4.25. The van der Waals surface area contributed by atoms with E-state index in [4.69, 9.17) is 4.74 Å².